The van der Waals surface area contributed by atoms with Crippen molar-refractivity contribution in [3.8, 4) is 5.75 Å². The van der Waals surface area contributed by atoms with Crippen molar-refractivity contribution in [2.24, 2.45) is 0 Å². The maximum atomic E-state index is 13.6. The van der Waals surface area contributed by atoms with Gasteiger partial charge in [-0.2, -0.15) is 0 Å². The molecular weight excluding hydrogens is 253 g/mol. The zero-order valence-corrected chi connectivity index (χ0v) is 12.1. The molecular formula is C14H21ClFNO. The summed E-state index contributed by atoms with van der Waals surface area (Å²) in [4.78, 5) is 0. The summed E-state index contributed by atoms with van der Waals surface area (Å²) in [7, 11) is 0. The van der Waals surface area contributed by atoms with Gasteiger partial charge in [0.1, 0.15) is 6.10 Å². The predicted octanol–water partition coefficient (Wildman–Crippen LogP) is 4.02. The minimum atomic E-state index is -0.499. The van der Waals surface area contributed by atoms with Crippen molar-refractivity contribution in [3.63, 3.8) is 0 Å². The number of halogens is 2. The zero-order chi connectivity index (χ0) is 13.8. The van der Waals surface area contributed by atoms with E-state index in [1.54, 1.807) is 12.1 Å². The van der Waals surface area contributed by atoms with Gasteiger partial charge in [0, 0.05) is 12.1 Å². The van der Waals surface area contributed by atoms with Crippen LogP contribution in [0.2, 0.25) is 5.02 Å². The summed E-state index contributed by atoms with van der Waals surface area (Å²) in [6, 6.07) is 4.77. The molecule has 1 unspecified atom stereocenters. The molecule has 1 aromatic carbocycles. The zero-order valence-electron chi connectivity index (χ0n) is 11.4. The van der Waals surface area contributed by atoms with Crippen LogP contribution in [-0.4, -0.2) is 18.2 Å². The Labute approximate surface area is 113 Å². The quantitative estimate of drug-likeness (QED) is 0.845. The average Bonchev–Trinajstić information content (AvgIpc) is 2.33. The normalized spacial score (nSPS) is 13.4. The van der Waals surface area contributed by atoms with Crippen molar-refractivity contribution in [1.82, 2.24) is 5.32 Å². The summed E-state index contributed by atoms with van der Waals surface area (Å²) in [6.07, 6.45) is 0.898. The molecule has 2 nitrogen and oxygen atoms in total. The highest BCUT2D eigenvalue weighted by Crippen LogP contribution is 2.24. The van der Waals surface area contributed by atoms with Crippen molar-refractivity contribution >= 4 is 11.6 Å². The summed E-state index contributed by atoms with van der Waals surface area (Å²) in [5.74, 6) is -0.299. The highest BCUT2D eigenvalue weighted by Gasteiger charge is 2.16. The van der Waals surface area contributed by atoms with Gasteiger partial charge in [-0.1, -0.05) is 24.6 Å². The van der Waals surface area contributed by atoms with Gasteiger partial charge in [0.25, 0.3) is 0 Å². The third kappa shape index (κ3) is 4.46. The fraction of sp³-hybridized carbons (Fsp3) is 0.571. The lowest BCUT2D eigenvalue weighted by molar-refractivity contribution is 0.191. The van der Waals surface area contributed by atoms with Crippen LogP contribution in [0.3, 0.4) is 0 Å². The standard InChI is InChI=1S/C14H21ClFNO/c1-5-14(3,4)17-9-10(2)18-12-8-6-7-11(15)13(12)16/h6-8,10,17H,5,9H2,1-4H3. The second kappa shape index (κ2) is 6.39. The van der Waals surface area contributed by atoms with Gasteiger partial charge in [0.2, 0.25) is 0 Å². The van der Waals surface area contributed by atoms with E-state index >= 15 is 0 Å². The van der Waals surface area contributed by atoms with Crippen LogP contribution in [0.4, 0.5) is 4.39 Å². The first kappa shape index (κ1) is 15.3. The molecule has 0 aliphatic heterocycles. The van der Waals surface area contributed by atoms with E-state index in [0.29, 0.717) is 6.54 Å². The second-order valence-corrected chi connectivity index (χ2v) is 5.51. The lowest BCUT2D eigenvalue weighted by atomic mass is 10.0. The Morgan fingerprint density at radius 1 is 1.44 bits per heavy atom. The van der Waals surface area contributed by atoms with Crippen molar-refractivity contribution in [3.05, 3.63) is 29.0 Å². The van der Waals surface area contributed by atoms with E-state index in [0.717, 1.165) is 6.42 Å². The number of ether oxygens (including phenoxy) is 1. The predicted molar refractivity (Wildman–Crippen MR) is 73.9 cm³/mol. The first-order valence-corrected chi connectivity index (χ1v) is 6.59. The summed E-state index contributed by atoms with van der Waals surface area (Å²) >= 11 is 5.70. The molecule has 0 saturated carbocycles. The summed E-state index contributed by atoms with van der Waals surface area (Å²) in [6.45, 7) is 8.93. The van der Waals surface area contributed by atoms with Crippen LogP contribution in [0.1, 0.15) is 34.1 Å². The van der Waals surface area contributed by atoms with E-state index in [1.165, 1.54) is 6.07 Å². The highest BCUT2D eigenvalue weighted by molar-refractivity contribution is 6.30. The topological polar surface area (TPSA) is 21.3 Å². The molecule has 102 valence electrons. The SMILES string of the molecule is CCC(C)(C)NCC(C)Oc1cccc(Cl)c1F. The van der Waals surface area contributed by atoms with E-state index in [-0.39, 0.29) is 22.4 Å². The van der Waals surface area contributed by atoms with Gasteiger partial charge < -0.3 is 10.1 Å². The van der Waals surface area contributed by atoms with Crippen molar-refractivity contribution in [2.75, 3.05) is 6.54 Å². The maximum absolute atomic E-state index is 13.6. The largest absolute Gasteiger partial charge is 0.486 e. The van der Waals surface area contributed by atoms with Crippen LogP contribution in [0.25, 0.3) is 0 Å². The molecule has 0 heterocycles. The lowest BCUT2D eigenvalue weighted by Crippen LogP contribution is -2.43. The molecule has 0 radical (unpaired) electrons. The van der Waals surface area contributed by atoms with Crippen LogP contribution in [0.15, 0.2) is 18.2 Å². The molecule has 1 N–H and O–H groups in total. The smallest absolute Gasteiger partial charge is 0.183 e. The van der Waals surface area contributed by atoms with E-state index in [9.17, 15) is 4.39 Å². The third-order valence-corrected chi connectivity index (χ3v) is 3.29. The van der Waals surface area contributed by atoms with E-state index in [4.69, 9.17) is 16.3 Å². The highest BCUT2D eigenvalue weighted by atomic mass is 35.5. The monoisotopic (exact) mass is 273 g/mol. The molecule has 0 bridgehead atoms. The number of hydrogen-bond acceptors (Lipinski definition) is 2. The Bertz CT molecular complexity index is 395. The Kier molecular flexibility index (Phi) is 5.42. The molecule has 0 spiro atoms. The maximum Gasteiger partial charge on any atom is 0.183 e. The van der Waals surface area contributed by atoms with E-state index < -0.39 is 5.82 Å². The number of nitrogens with one attached hydrogen (secondary N) is 1. The Morgan fingerprint density at radius 3 is 2.72 bits per heavy atom. The summed E-state index contributed by atoms with van der Waals surface area (Å²) < 4.78 is 19.2. The molecule has 0 fully saturated rings. The molecule has 0 aromatic heterocycles. The van der Waals surface area contributed by atoms with Gasteiger partial charge in [0.15, 0.2) is 11.6 Å². The van der Waals surface area contributed by atoms with Crippen molar-refractivity contribution < 1.29 is 9.13 Å². The molecule has 1 atom stereocenters. The number of benzene rings is 1. The molecule has 1 aromatic rings. The van der Waals surface area contributed by atoms with Crippen LogP contribution in [-0.2, 0) is 0 Å². The van der Waals surface area contributed by atoms with Gasteiger partial charge in [-0.3, -0.25) is 0 Å². The van der Waals surface area contributed by atoms with Gasteiger partial charge in [-0.15, -0.1) is 0 Å². The first-order chi connectivity index (χ1) is 8.35. The van der Waals surface area contributed by atoms with Gasteiger partial charge >= 0.3 is 0 Å². The third-order valence-electron chi connectivity index (χ3n) is 3.00. The van der Waals surface area contributed by atoms with Gasteiger partial charge in [-0.05, 0) is 39.3 Å². The molecule has 0 aliphatic carbocycles. The molecule has 0 aliphatic rings. The van der Waals surface area contributed by atoms with E-state index in [2.05, 4.69) is 26.1 Å². The number of rotatable bonds is 6. The van der Waals surface area contributed by atoms with Crippen molar-refractivity contribution in [2.45, 2.75) is 45.8 Å². The number of hydrogen-bond donors (Lipinski definition) is 1. The fourth-order valence-corrected chi connectivity index (χ4v) is 1.54. The average molecular weight is 274 g/mol. The molecule has 4 heteroatoms. The van der Waals surface area contributed by atoms with Crippen LogP contribution < -0.4 is 10.1 Å². The molecule has 18 heavy (non-hydrogen) atoms. The van der Waals surface area contributed by atoms with Crippen LogP contribution in [0.5, 0.6) is 5.75 Å². The first-order valence-electron chi connectivity index (χ1n) is 6.21. The Balaban J connectivity index is 2.55. The van der Waals surface area contributed by atoms with Gasteiger partial charge in [0.05, 0.1) is 5.02 Å². The van der Waals surface area contributed by atoms with Crippen LogP contribution >= 0.6 is 11.6 Å². The molecule has 0 saturated heterocycles. The minimum absolute atomic E-state index is 0.0600. The van der Waals surface area contributed by atoms with Crippen LogP contribution in [0, 0.1) is 5.82 Å². The van der Waals surface area contributed by atoms with E-state index in [1.807, 2.05) is 6.92 Å². The Hall–Kier alpha value is -0.800. The summed E-state index contributed by atoms with van der Waals surface area (Å²) in [5, 5.41) is 3.47. The second-order valence-electron chi connectivity index (χ2n) is 5.10. The fourth-order valence-electron chi connectivity index (χ4n) is 1.38. The minimum Gasteiger partial charge on any atom is -0.486 e. The van der Waals surface area contributed by atoms with Crippen molar-refractivity contribution in [1.29, 1.82) is 0 Å². The summed E-state index contributed by atoms with van der Waals surface area (Å²) in [5.41, 5.74) is 0.0600. The lowest BCUT2D eigenvalue weighted by Gasteiger charge is -2.27. The molecule has 0 amide bonds. The Morgan fingerprint density at radius 2 is 2.11 bits per heavy atom. The molecule has 1 rings (SSSR count). The van der Waals surface area contributed by atoms with Gasteiger partial charge in [-0.25, -0.2) is 4.39 Å².